The predicted molar refractivity (Wildman–Crippen MR) is 66.2 cm³/mol. The Morgan fingerprint density at radius 1 is 0.944 bits per heavy atom. The molecule has 3 heteroatoms. The van der Waals surface area contributed by atoms with Crippen LogP contribution in [0.2, 0.25) is 0 Å². The van der Waals surface area contributed by atoms with Gasteiger partial charge in [-0.05, 0) is 35.7 Å². The van der Waals surface area contributed by atoms with E-state index in [2.05, 4.69) is 0 Å². The third kappa shape index (κ3) is 2.80. The molecule has 0 fully saturated rings. The molecular weight excluding hydrogens is 234 g/mol. The van der Waals surface area contributed by atoms with E-state index >= 15 is 0 Å². The number of Topliss-reactive ketones (excluding diaryl/α,β-unsaturated/α-hetero) is 1. The van der Waals surface area contributed by atoms with Crippen LogP contribution in [0.25, 0.3) is 11.1 Å². The van der Waals surface area contributed by atoms with Crippen molar-refractivity contribution in [1.29, 1.82) is 0 Å². The maximum Gasteiger partial charge on any atom is 0.159 e. The average molecular weight is 246 g/mol. The largest absolute Gasteiger partial charge is 0.300 e. The van der Waals surface area contributed by atoms with Gasteiger partial charge < -0.3 is 0 Å². The van der Waals surface area contributed by atoms with E-state index in [4.69, 9.17) is 0 Å². The standard InChI is InChI=1S/C15H12F2O/c1-10(18)8-11-2-4-12(5-3-11)13-6-7-14(16)15(17)9-13/h2-7,9H,8H2,1H3. The fourth-order valence-corrected chi connectivity index (χ4v) is 1.78. The molecule has 0 atom stereocenters. The highest BCUT2D eigenvalue weighted by atomic mass is 19.2. The van der Waals surface area contributed by atoms with Gasteiger partial charge in [-0.3, -0.25) is 4.79 Å². The van der Waals surface area contributed by atoms with Crippen molar-refractivity contribution in [3.05, 3.63) is 59.7 Å². The topological polar surface area (TPSA) is 17.1 Å². The zero-order valence-electron chi connectivity index (χ0n) is 9.91. The predicted octanol–water partition coefficient (Wildman–Crippen LogP) is 3.76. The number of ketones is 1. The smallest absolute Gasteiger partial charge is 0.159 e. The van der Waals surface area contributed by atoms with Crippen LogP contribution in [0.3, 0.4) is 0 Å². The van der Waals surface area contributed by atoms with Crippen LogP contribution < -0.4 is 0 Å². The number of hydrogen-bond acceptors (Lipinski definition) is 1. The fraction of sp³-hybridized carbons (Fsp3) is 0.133. The van der Waals surface area contributed by atoms with Crippen molar-refractivity contribution in [2.45, 2.75) is 13.3 Å². The van der Waals surface area contributed by atoms with Crippen molar-refractivity contribution in [2.24, 2.45) is 0 Å². The molecule has 0 aromatic heterocycles. The number of benzene rings is 2. The Bertz CT molecular complexity index is 574. The minimum absolute atomic E-state index is 0.0931. The fourth-order valence-electron chi connectivity index (χ4n) is 1.78. The summed E-state index contributed by atoms with van der Waals surface area (Å²) in [6.07, 6.45) is 0.387. The lowest BCUT2D eigenvalue weighted by atomic mass is 10.0. The second-order valence-corrected chi connectivity index (χ2v) is 4.20. The Balaban J connectivity index is 2.28. The normalized spacial score (nSPS) is 10.4. The minimum Gasteiger partial charge on any atom is -0.300 e. The SMILES string of the molecule is CC(=O)Cc1ccc(-c2ccc(F)c(F)c2)cc1. The molecule has 18 heavy (non-hydrogen) atoms. The lowest BCUT2D eigenvalue weighted by molar-refractivity contribution is -0.116. The summed E-state index contributed by atoms with van der Waals surface area (Å²) in [6.45, 7) is 1.53. The van der Waals surface area contributed by atoms with Crippen LogP contribution in [-0.4, -0.2) is 5.78 Å². The van der Waals surface area contributed by atoms with Crippen molar-refractivity contribution in [3.63, 3.8) is 0 Å². The zero-order valence-corrected chi connectivity index (χ0v) is 9.91. The quantitative estimate of drug-likeness (QED) is 0.805. The van der Waals surface area contributed by atoms with Gasteiger partial charge in [-0.25, -0.2) is 8.78 Å². The molecule has 0 aliphatic rings. The van der Waals surface area contributed by atoms with Gasteiger partial charge >= 0.3 is 0 Å². The molecule has 0 bridgehead atoms. The van der Waals surface area contributed by atoms with Crippen molar-refractivity contribution in [3.8, 4) is 11.1 Å². The number of halogens is 2. The molecular formula is C15H12F2O. The van der Waals surface area contributed by atoms with Gasteiger partial charge in [0.05, 0.1) is 0 Å². The van der Waals surface area contributed by atoms with Crippen LogP contribution >= 0.6 is 0 Å². The number of carbonyl (C=O) groups excluding carboxylic acids is 1. The Hall–Kier alpha value is -2.03. The maximum absolute atomic E-state index is 13.1. The summed E-state index contributed by atoms with van der Waals surface area (Å²) in [5.41, 5.74) is 2.32. The van der Waals surface area contributed by atoms with Gasteiger partial charge in [0.15, 0.2) is 11.6 Å². The summed E-state index contributed by atoms with van der Waals surface area (Å²) < 4.78 is 25.9. The van der Waals surface area contributed by atoms with Crippen LogP contribution in [-0.2, 0) is 11.2 Å². The first-order chi connectivity index (χ1) is 8.56. The molecule has 2 rings (SSSR count). The zero-order chi connectivity index (χ0) is 13.1. The number of hydrogen-bond donors (Lipinski definition) is 0. The third-order valence-electron chi connectivity index (χ3n) is 2.66. The first kappa shape index (κ1) is 12.4. The molecule has 2 aromatic rings. The number of rotatable bonds is 3. The van der Waals surface area contributed by atoms with Gasteiger partial charge in [0.1, 0.15) is 5.78 Å². The van der Waals surface area contributed by atoms with Crippen LogP contribution in [0.1, 0.15) is 12.5 Å². The van der Waals surface area contributed by atoms with Gasteiger partial charge in [0.2, 0.25) is 0 Å². The van der Waals surface area contributed by atoms with Crippen LogP contribution in [0.4, 0.5) is 8.78 Å². The van der Waals surface area contributed by atoms with Crippen LogP contribution in [0, 0.1) is 11.6 Å². The number of carbonyl (C=O) groups is 1. The van der Waals surface area contributed by atoms with E-state index in [1.807, 2.05) is 12.1 Å². The van der Waals surface area contributed by atoms with E-state index in [9.17, 15) is 13.6 Å². The Morgan fingerprint density at radius 3 is 2.11 bits per heavy atom. The summed E-state index contributed by atoms with van der Waals surface area (Å²) in [5.74, 6) is -1.62. The molecule has 0 heterocycles. The molecule has 92 valence electrons. The third-order valence-corrected chi connectivity index (χ3v) is 2.66. The Labute approximate surface area is 104 Å². The van der Waals surface area contributed by atoms with Crippen LogP contribution in [0.15, 0.2) is 42.5 Å². The average Bonchev–Trinajstić information content (AvgIpc) is 2.33. The first-order valence-electron chi connectivity index (χ1n) is 5.60. The van der Waals surface area contributed by atoms with E-state index in [0.29, 0.717) is 12.0 Å². The second kappa shape index (κ2) is 5.08. The van der Waals surface area contributed by atoms with Crippen molar-refractivity contribution >= 4 is 5.78 Å². The van der Waals surface area contributed by atoms with Crippen LogP contribution in [0.5, 0.6) is 0 Å². The van der Waals surface area contributed by atoms with Crippen molar-refractivity contribution in [1.82, 2.24) is 0 Å². The summed E-state index contributed by atoms with van der Waals surface area (Å²) in [6, 6.07) is 11.0. The molecule has 0 amide bonds. The van der Waals surface area contributed by atoms with Gasteiger partial charge in [0.25, 0.3) is 0 Å². The Morgan fingerprint density at radius 2 is 1.56 bits per heavy atom. The lowest BCUT2D eigenvalue weighted by Gasteiger charge is -2.04. The van der Waals surface area contributed by atoms with Gasteiger partial charge in [-0.1, -0.05) is 30.3 Å². The Kier molecular flexibility index (Phi) is 3.51. The monoisotopic (exact) mass is 246 g/mol. The molecule has 0 aliphatic heterocycles. The highest BCUT2D eigenvalue weighted by Crippen LogP contribution is 2.22. The minimum atomic E-state index is -0.861. The molecule has 2 aromatic carbocycles. The molecule has 1 nitrogen and oxygen atoms in total. The van der Waals surface area contributed by atoms with Gasteiger partial charge in [-0.2, -0.15) is 0 Å². The molecule has 0 aliphatic carbocycles. The van der Waals surface area contributed by atoms with Gasteiger partial charge in [0, 0.05) is 6.42 Å². The van der Waals surface area contributed by atoms with E-state index < -0.39 is 11.6 Å². The molecule has 0 saturated heterocycles. The summed E-state index contributed by atoms with van der Waals surface area (Å²) in [5, 5.41) is 0. The van der Waals surface area contributed by atoms with E-state index in [-0.39, 0.29) is 5.78 Å². The first-order valence-corrected chi connectivity index (χ1v) is 5.60. The highest BCUT2D eigenvalue weighted by Gasteiger charge is 2.05. The molecule has 0 saturated carbocycles. The summed E-state index contributed by atoms with van der Waals surface area (Å²) in [7, 11) is 0. The summed E-state index contributed by atoms with van der Waals surface area (Å²) in [4.78, 5) is 11.0. The molecule has 0 unspecified atom stereocenters. The molecule has 0 radical (unpaired) electrons. The molecule has 0 N–H and O–H groups in total. The lowest BCUT2D eigenvalue weighted by Crippen LogP contribution is -1.95. The van der Waals surface area contributed by atoms with E-state index in [0.717, 1.165) is 23.3 Å². The van der Waals surface area contributed by atoms with Crippen molar-refractivity contribution < 1.29 is 13.6 Å². The van der Waals surface area contributed by atoms with E-state index in [1.165, 1.54) is 13.0 Å². The molecule has 0 spiro atoms. The maximum atomic E-state index is 13.1. The van der Waals surface area contributed by atoms with Crippen molar-refractivity contribution in [2.75, 3.05) is 0 Å². The second-order valence-electron chi connectivity index (χ2n) is 4.20. The highest BCUT2D eigenvalue weighted by molar-refractivity contribution is 5.78. The van der Waals surface area contributed by atoms with Gasteiger partial charge in [-0.15, -0.1) is 0 Å². The summed E-state index contributed by atoms with van der Waals surface area (Å²) >= 11 is 0. The van der Waals surface area contributed by atoms with E-state index in [1.54, 1.807) is 12.1 Å².